The summed E-state index contributed by atoms with van der Waals surface area (Å²) in [7, 11) is 1.48. The Kier molecular flexibility index (Phi) is 7.07. The number of hydrogen-bond donors (Lipinski definition) is 1. The van der Waals surface area contributed by atoms with Crippen molar-refractivity contribution in [2.75, 3.05) is 33.3 Å². The van der Waals surface area contributed by atoms with Gasteiger partial charge in [0.1, 0.15) is 0 Å². The van der Waals surface area contributed by atoms with Gasteiger partial charge in [0.25, 0.3) is 11.6 Å². The number of amides is 1. The number of rotatable bonds is 10. The highest BCUT2D eigenvalue weighted by molar-refractivity contribution is 6.16. The highest BCUT2D eigenvalue weighted by Crippen LogP contribution is 2.40. The molecule has 1 amide bonds. The van der Waals surface area contributed by atoms with E-state index in [0.717, 1.165) is 13.1 Å². The van der Waals surface area contributed by atoms with Gasteiger partial charge in [0.2, 0.25) is 5.78 Å². The average Bonchev–Trinajstić information content (AvgIpc) is 3.43. The van der Waals surface area contributed by atoms with Crippen LogP contribution >= 0.6 is 0 Å². The van der Waals surface area contributed by atoms with Gasteiger partial charge in [-0.15, -0.1) is 0 Å². The van der Waals surface area contributed by atoms with Gasteiger partial charge < -0.3 is 24.1 Å². The standard InChI is InChI=1S/C26H27N3O7/c1-4-27(5-2)12-13-28-22(16-8-6-10-18(14-16)29(33)34)21(24(31)26(28)32)23(30)20-15-17-9-7-11-19(35-3)25(17)36-20/h6-11,14-15,22,31H,4-5,12-13H2,1-3H3/t22-/m0/s1. The minimum absolute atomic E-state index is 0.0788. The molecule has 1 aromatic heterocycles. The van der Waals surface area contributed by atoms with Gasteiger partial charge >= 0.3 is 0 Å². The average molecular weight is 494 g/mol. The lowest BCUT2D eigenvalue weighted by molar-refractivity contribution is -0.384. The van der Waals surface area contributed by atoms with Crippen molar-refractivity contribution in [2.45, 2.75) is 19.9 Å². The van der Waals surface area contributed by atoms with Crippen LogP contribution in [0.2, 0.25) is 0 Å². The normalized spacial score (nSPS) is 15.8. The molecule has 4 rings (SSSR count). The van der Waals surface area contributed by atoms with Crippen LogP contribution in [0.5, 0.6) is 5.75 Å². The number of nitro groups is 1. The van der Waals surface area contributed by atoms with Crippen molar-refractivity contribution < 1.29 is 28.8 Å². The molecule has 0 saturated carbocycles. The predicted molar refractivity (Wildman–Crippen MR) is 132 cm³/mol. The van der Waals surface area contributed by atoms with E-state index in [9.17, 15) is 24.8 Å². The van der Waals surface area contributed by atoms with Gasteiger partial charge in [-0.3, -0.25) is 19.7 Å². The number of Topliss-reactive ketones (excluding diaryl/α,β-unsaturated/α-hetero) is 1. The number of nitrogens with zero attached hydrogens (tertiary/aromatic N) is 3. The van der Waals surface area contributed by atoms with E-state index in [0.29, 0.717) is 28.8 Å². The third-order valence-corrected chi connectivity index (χ3v) is 6.45. The molecule has 2 aromatic carbocycles. The number of carbonyl (C=O) groups excluding carboxylic acids is 2. The van der Waals surface area contributed by atoms with E-state index >= 15 is 0 Å². The first-order valence-corrected chi connectivity index (χ1v) is 11.6. The van der Waals surface area contributed by atoms with Crippen molar-refractivity contribution >= 4 is 28.3 Å². The molecule has 0 fully saturated rings. The number of nitro benzene ring substituents is 1. The number of hydrogen-bond acceptors (Lipinski definition) is 8. The summed E-state index contributed by atoms with van der Waals surface area (Å²) in [5.74, 6) is -1.73. The molecule has 2 heterocycles. The summed E-state index contributed by atoms with van der Waals surface area (Å²) in [6.45, 7) is 6.21. The van der Waals surface area contributed by atoms with Crippen LogP contribution < -0.4 is 4.74 Å². The second-order valence-electron chi connectivity index (χ2n) is 8.36. The molecule has 36 heavy (non-hydrogen) atoms. The molecular formula is C26H27N3O7. The summed E-state index contributed by atoms with van der Waals surface area (Å²) >= 11 is 0. The summed E-state index contributed by atoms with van der Waals surface area (Å²) in [6, 6.07) is 11.4. The topological polar surface area (TPSA) is 126 Å². The number of carbonyl (C=O) groups is 2. The number of ketones is 1. The van der Waals surface area contributed by atoms with E-state index in [1.54, 1.807) is 24.3 Å². The first kappa shape index (κ1) is 24.9. The lowest BCUT2D eigenvalue weighted by atomic mass is 9.94. The van der Waals surface area contributed by atoms with Crippen LogP contribution in [-0.2, 0) is 4.79 Å². The summed E-state index contributed by atoms with van der Waals surface area (Å²) in [5, 5.41) is 22.9. The molecule has 0 radical (unpaired) electrons. The molecule has 0 aliphatic carbocycles. The fraction of sp³-hybridized carbons (Fsp3) is 0.308. The summed E-state index contributed by atoms with van der Waals surface area (Å²) < 4.78 is 11.1. The van der Waals surface area contributed by atoms with Crippen LogP contribution in [0.4, 0.5) is 5.69 Å². The zero-order valence-corrected chi connectivity index (χ0v) is 20.3. The van der Waals surface area contributed by atoms with Crippen molar-refractivity contribution in [1.82, 2.24) is 9.80 Å². The molecule has 10 nitrogen and oxygen atoms in total. The van der Waals surface area contributed by atoms with Crippen molar-refractivity contribution in [2.24, 2.45) is 0 Å². The van der Waals surface area contributed by atoms with Gasteiger partial charge in [-0.25, -0.2) is 0 Å². The Balaban J connectivity index is 1.80. The van der Waals surface area contributed by atoms with Crippen molar-refractivity contribution in [3.8, 4) is 5.75 Å². The van der Waals surface area contributed by atoms with E-state index < -0.39 is 28.4 Å². The van der Waals surface area contributed by atoms with Crippen molar-refractivity contribution in [1.29, 1.82) is 0 Å². The Morgan fingerprint density at radius 3 is 2.58 bits per heavy atom. The summed E-state index contributed by atoms with van der Waals surface area (Å²) in [4.78, 5) is 41.2. The van der Waals surface area contributed by atoms with Gasteiger partial charge in [-0.1, -0.05) is 38.1 Å². The SMILES string of the molecule is CCN(CC)CCN1C(=O)C(O)=C(C(=O)c2cc3cccc(OC)c3o2)[C@@H]1c1cccc([N+](=O)[O-])c1. The fourth-order valence-electron chi connectivity index (χ4n) is 4.50. The molecule has 1 aliphatic rings. The molecular weight excluding hydrogens is 466 g/mol. The molecule has 10 heteroatoms. The Bertz CT molecular complexity index is 1360. The molecule has 1 atom stereocenters. The van der Waals surface area contributed by atoms with Gasteiger partial charge in [-0.2, -0.15) is 0 Å². The number of fused-ring (bicyclic) bond motifs is 1. The van der Waals surface area contributed by atoms with Crippen molar-refractivity contribution in [3.05, 3.63) is 81.3 Å². The smallest absolute Gasteiger partial charge is 0.290 e. The number of likely N-dealkylation sites (N-methyl/N-ethyl adjacent to an activating group) is 1. The summed E-state index contributed by atoms with van der Waals surface area (Å²) in [6.07, 6.45) is 0. The highest BCUT2D eigenvalue weighted by Gasteiger charge is 2.44. The number of benzene rings is 2. The van der Waals surface area contributed by atoms with Gasteiger partial charge in [0, 0.05) is 30.6 Å². The second-order valence-corrected chi connectivity index (χ2v) is 8.36. The molecule has 0 unspecified atom stereocenters. The quantitative estimate of drug-likeness (QED) is 0.252. The molecule has 188 valence electrons. The monoisotopic (exact) mass is 493 g/mol. The lowest BCUT2D eigenvalue weighted by Crippen LogP contribution is -2.38. The first-order chi connectivity index (χ1) is 17.3. The van der Waals surface area contributed by atoms with Crippen LogP contribution in [0.3, 0.4) is 0 Å². The number of methoxy groups -OCH3 is 1. The highest BCUT2D eigenvalue weighted by atomic mass is 16.6. The predicted octanol–water partition coefficient (Wildman–Crippen LogP) is 4.27. The number of furan rings is 1. The van der Waals surface area contributed by atoms with Crippen LogP contribution in [0.1, 0.15) is 36.0 Å². The van der Waals surface area contributed by atoms with Gasteiger partial charge in [0.15, 0.2) is 22.9 Å². The van der Waals surface area contributed by atoms with E-state index in [2.05, 4.69) is 4.90 Å². The minimum atomic E-state index is -1.02. The molecule has 1 N–H and O–H groups in total. The maximum atomic E-state index is 13.7. The third kappa shape index (κ3) is 4.42. The van der Waals surface area contributed by atoms with Crippen LogP contribution in [0.15, 0.2) is 64.3 Å². The van der Waals surface area contributed by atoms with Crippen LogP contribution in [0.25, 0.3) is 11.0 Å². The fourth-order valence-corrected chi connectivity index (χ4v) is 4.50. The first-order valence-electron chi connectivity index (χ1n) is 11.6. The van der Waals surface area contributed by atoms with Crippen LogP contribution in [0, 0.1) is 10.1 Å². The zero-order chi connectivity index (χ0) is 26.0. The number of aliphatic hydroxyl groups is 1. The largest absolute Gasteiger partial charge is 0.503 e. The number of para-hydroxylation sites is 1. The third-order valence-electron chi connectivity index (χ3n) is 6.45. The van der Waals surface area contributed by atoms with E-state index in [-0.39, 0.29) is 23.6 Å². The molecule has 1 aliphatic heterocycles. The Labute approximate surface area is 207 Å². The van der Waals surface area contributed by atoms with E-state index in [1.165, 1.54) is 36.3 Å². The van der Waals surface area contributed by atoms with E-state index in [4.69, 9.17) is 9.15 Å². The lowest BCUT2D eigenvalue weighted by Gasteiger charge is -2.29. The molecule has 0 saturated heterocycles. The van der Waals surface area contributed by atoms with E-state index in [1.807, 2.05) is 13.8 Å². The number of ether oxygens (including phenoxy) is 1. The maximum Gasteiger partial charge on any atom is 0.290 e. The second kappa shape index (κ2) is 10.2. The maximum absolute atomic E-state index is 13.7. The van der Waals surface area contributed by atoms with Crippen LogP contribution in [-0.4, -0.2) is 64.8 Å². The Morgan fingerprint density at radius 2 is 1.92 bits per heavy atom. The molecule has 3 aromatic rings. The summed E-state index contributed by atoms with van der Waals surface area (Å²) in [5.41, 5.74) is 0.338. The molecule has 0 spiro atoms. The number of non-ortho nitro benzene ring substituents is 1. The van der Waals surface area contributed by atoms with Gasteiger partial charge in [0.05, 0.1) is 23.6 Å². The Morgan fingerprint density at radius 1 is 1.19 bits per heavy atom. The van der Waals surface area contributed by atoms with Gasteiger partial charge in [-0.05, 0) is 30.8 Å². The van der Waals surface area contributed by atoms with Crippen molar-refractivity contribution in [3.63, 3.8) is 0 Å². The Hall–Kier alpha value is -4.18. The minimum Gasteiger partial charge on any atom is -0.503 e. The number of aliphatic hydroxyl groups excluding tert-OH is 1. The zero-order valence-electron chi connectivity index (χ0n) is 20.3. The molecule has 0 bridgehead atoms.